The second kappa shape index (κ2) is 9.84. The van der Waals surface area contributed by atoms with Gasteiger partial charge in [-0.15, -0.1) is 0 Å². The van der Waals surface area contributed by atoms with Gasteiger partial charge in [0.15, 0.2) is 0 Å². The number of amides is 3. The molecule has 3 N–H and O–H groups in total. The Labute approximate surface area is 171 Å². The number of nitrogens with zero attached hydrogens (tertiary/aromatic N) is 1. The zero-order valence-corrected chi connectivity index (χ0v) is 17.3. The number of hydrogen-bond acceptors (Lipinski definition) is 4. The number of carbonyl (C=O) groups excluding carboxylic acids is 3. The molecule has 0 aromatic heterocycles. The molecule has 0 unspecified atom stereocenters. The molecule has 0 radical (unpaired) electrons. The summed E-state index contributed by atoms with van der Waals surface area (Å²) in [4.78, 5) is 38.6. The Bertz CT molecular complexity index is 860. The van der Waals surface area contributed by atoms with Gasteiger partial charge in [0.1, 0.15) is 0 Å². The van der Waals surface area contributed by atoms with Gasteiger partial charge < -0.3 is 16.0 Å². The molecule has 2 aromatic rings. The first-order valence-electron chi connectivity index (χ1n) is 9.39. The van der Waals surface area contributed by atoms with Crippen LogP contribution in [-0.2, 0) is 9.59 Å². The molecule has 7 nitrogen and oxygen atoms in total. The standard InChI is InChI=1S/C22H28N4O3/c1-22(2,3)25-20(28)15-26(4)14-19(27)24-18-13-9-8-12-17(18)21(29)23-16-10-6-5-7-11-16/h5-13H,14-15H2,1-4H3,(H,23,29)(H,24,27)(H,25,28). The predicted octanol–water partition coefficient (Wildman–Crippen LogP) is 2.72. The minimum Gasteiger partial charge on any atom is -0.350 e. The molecule has 0 saturated carbocycles. The lowest BCUT2D eigenvalue weighted by molar-refractivity contribution is -0.124. The van der Waals surface area contributed by atoms with Crippen molar-refractivity contribution in [2.75, 3.05) is 30.8 Å². The van der Waals surface area contributed by atoms with E-state index in [4.69, 9.17) is 0 Å². The quantitative estimate of drug-likeness (QED) is 0.671. The van der Waals surface area contributed by atoms with Crippen LogP contribution in [0.4, 0.5) is 11.4 Å². The summed E-state index contributed by atoms with van der Waals surface area (Å²) in [5.74, 6) is -0.781. The monoisotopic (exact) mass is 396 g/mol. The van der Waals surface area contributed by atoms with Crippen molar-refractivity contribution in [2.45, 2.75) is 26.3 Å². The first kappa shape index (κ1) is 22.1. The molecule has 2 rings (SSSR count). The highest BCUT2D eigenvalue weighted by Gasteiger charge is 2.18. The molecular weight excluding hydrogens is 368 g/mol. The van der Waals surface area contributed by atoms with Crippen LogP contribution in [0.2, 0.25) is 0 Å². The van der Waals surface area contributed by atoms with Crippen LogP contribution in [0.3, 0.4) is 0 Å². The topological polar surface area (TPSA) is 90.5 Å². The molecule has 7 heteroatoms. The molecule has 0 aliphatic carbocycles. The van der Waals surface area contributed by atoms with Crippen LogP contribution in [0.5, 0.6) is 0 Å². The third-order valence-corrected chi connectivity index (χ3v) is 3.82. The van der Waals surface area contributed by atoms with Crippen molar-refractivity contribution in [2.24, 2.45) is 0 Å². The van der Waals surface area contributed by atoms with E-state index in [2.05, 4.69) is 16.0 Å². The van der Waals surface area contributed by atoms with Gasteiger partial charge in [-0.3, -0.25) is 19.3 Å². The SMILES string of the molecule is CN(CC(=O)Nc1ccccc1C(=O)Nc1ccccc1)CC(=O)NC(C)(C)C. The van der Waals surface area contributed by atoms with Crippen LogP contribution >= 0.6 is 0 Å². The van der Waals surface area contributed by atoms with Gasteiger partial charge in [-0.25, -0.2) is 0 Å². The summed E-state index contributed by atoms with van der Waals surface area (Å²) in [5.41, 5.74) is 1.12. The van der Waals surface area contributed by atoms with Crippen molar-refractivity contribution >= 4 is 29.1 Å². The van der Waals surface area contributed by atoms with Crippen molar-refractivity contribution in [3.8, 4) is 0 Å². The van der Waals surface area contributed by atoms with E-state index in [1.165, 1.54) is 0 Å². The van der Waals surface area contributed by atoms with Crippen molar-refractivity contribution in [1.29, 1.82) is 0 Å². The van der Waals surface area contributed by atoms with E-state index in [9.17, 15) is 14.4 Å². The number of anilines is 2. The van der Waals surface area contributed by atoms with Crippen molar-refractivity contribution < 1.29 is 14.4 Å². The lowest BCUT2D eigenvalue weighted by atomic mass is 10.1. The van der Waals surface area contributed by atoms with Gasteiger partial charge in [-0.1, -0.05) is 30.3 Å². The van der Waals surface area contributed by atoms with E-state index in [1.807, 2.05) is 39.0 Å². The molecule has 154 valence electrons. The van der Waals surface area contributed by atoms with Crippen LogP contribution in [-0.4, -0.2) is 48.3 Å². The zero-order chi connectivity index (χ0) is 21.4. The number of nitrogens with one attached hydrogen (secondary N) is 3. The fourth-order valence-corrected chi connectivity index (χ4v) is 2.70. The molecule has 2 aromatic carbocycles. The maximum Gasteiger partial charge on any atom is 0.257 e. The average Bonchev–Trinajstić information content (AvgIpc) is 2.60. The second-order valence-corrected chi connectivity index (χ2v) is 7.88. The normalized spacial score (nSPS) is 11.1. The van der Waals surface area contributed by atoms with Crippen LogP contribution in [0.1, 0.15) is 31.1 Å². The molecular formula is C22H28N4O3. The van der Waals surface area contributed by atoms with Gasteiger partial charge in [-0.05, 0) is 52.1 Å². The lowest BCUT2D eigenvalue weighted by Gasteiger charge is -2.23. The zero-order valence-electron chi connectivity index (χ0n) is 17.3. The Morgan fingerprint density at radius 1 is 0.828 bits per heavy atom. The van der Waals surface area contributed by atoms with E-state index in [-0.39, 0.29) is 36.3 Å². The summed E-state index contributed by atoms with van der Waals surface area (Å²) in [6.07, 6.45) is 0. The minimum absolute atomic E-state index is 0.0200. The van der Waals surface area contributed by atoms with Crippen molar-refractivity contribution in [1.82, 2.24) is 10.2 Å². The summed E-state index contributed by atoms with van der Waals surface area (Å²) in [5, 5.41) is 8.42. The predicted molar refractivity (Wildman–Crippen MR) is 115 cm³/mol. The highest BCUT2D eigenvalue weighted by atomic mass is 16.2. The number of carbonyl (C=O) groups is 3. The molecule has 0 atom stereocenters. The summed E-state index contributed by atoms with van der Waals surface area (Å²) in [6.45, 7) is 5.81. The number of likely N-dealkylation sites (N-methyl/N-ethyl adjacent to an activating group) is 1. The molecule has 0 bridgehead atoms. The molecule has 0 spiro atoms. The van der Waals surface area contributed by atoms with E-state index in [0.29, 0.717) is 16.9 Å². The Morgan fingerprint density at radius 2 is 1.41 bits per heavy atom. The fourth-order valence-electron chi connectivity index (χ4n) is 2.70. The Kier molecular flexibility index (Phi) is 7.50. The number of para-hydroxylation sites is 2. The smallest absolute Gasteiger partial charge is 0.257 e. The molecule has 0 heterocycles. The maximum absolute atomic E-state index is 12.6. The molecule has 3 amide bonds. The van der Waals surface area contributed by atoms with E-state index < -0.39 is 0 Å². The molecule has 29 heavy (non-hydrogen) atoms. The number of benzene rings is 2. The summed E-state index contributed by atoms with van der Waals surface area (Å²) < 4.78 is 0. The molecule has 0 saturated heterocycles. The summed E-state index contributed by atoms with van der Waals surface area (Å²) in [6, 6.07) is 15.9. The Balaban J connectivity index is 1.97. The molecule has 0 aliphatic heterocycles. The largest absolute Gasteiger partial charge is 0.350 e. The third-order valence-electron chi connectivity index (χ3n) is 3.82. The molecule has 0 aliphatic rings. The lowest BCUT2D eigenvalue weighted by Crippen LogP contribution is -2.46. The third kappa shape index (κ3) is 7.75. The summed E-state index contributed by atoms with van der Waals surface area (Å²) >= 11 is 0. The van der Waals surface area contributed by atoms with Gasteiger partial charge in [0, 0.05) is 11.2 Å². The minimum atomic E-state index is -0.328. The van der Waals surface area contributed by atoms with E-state index in [0.717, 1.165) is 0 Å². The highest BCUT2D eigenvalue weighted by Crippen LogP contribution is 2.17. The second-order valence-electron chi connectivity index (χ2n) is 7.88. The fraction of sp³-hybridized carbons (Fsp3) is 0.318. The van der Waals surface area contributed by atoms with Gasteiger partial charge in [0.25, 0.3) is 5.91 Å². The van der Waals surface area contributed by atoms with Gasteiger partial charge in [-0.2, -0.15) is 0 Å². The van der Waals surface area contributed by atoms with Gasteiger partial charge in [0.05, 0.1) is 24.3 Å². The van der Waals surface area contributed by atoms with Crippen LogP contribution in [0.25, 0.3) is 0 Å². The van der Waals surface area contributed by atoms with E-state index >= 15 is 0 Å². The first-order valence-corrected chi connectivity index (χ1v) is 9.39. The number of rotatable bonds is 7. The van der Waals surface area contributed by atoms with Crippen LogP contribution in [0.15, 0.2) is 54.6 Å². The van der Waals surface area contributed by atoms with Crippen LogP contribution < -0.4 is 16.0 Å². The number of hydrogen-bond donors (Lipinski definition) is 3. The Hall–Kier alpha value is -3.19. The highest BCUT2D eigenvalue weighted by molar-refractivity contribution is 6.10. The van der Waals surface area contributed by atoms with E-state index in [1.54, 1.807) is 48.3 Å². The molecule has 0 fully saturated rings. The first-order chi connectivity index (χ1) is 13.6. The van der Waals surface area contributed by atoms with Gasteiger partial charge >= 0.3 is 0 Å². The average molecular weight is 396 g/mol. The Morgan fingerprint density at radius 3 is 2.07 bits per heavy atom. The van der Waals surface area contributed by atoms with Crippen molar-refractivity contribution in [3.05, 3.63) is 60.2 Å². The van der Waals surface area contributed by atoms with Gasteiger partial charge in [0.2, 0.25) is 11.8 Å². The maximum atomic E-state index is 12.6. The van der Waals surface area contributed by atoms with Crippen molar-refractivity contribution in [3.63, 3.8) is 0 Å². The van der Waals surface area contributed by atoms with Crippen LogP contribution in [0, 0.1) is 0 Å². The summed E-state index contributed by atoms with van der Waals surface area (Å²) in [7, 11) is 1.69.